The molecule has 0 saturated carbocycles. The molecular weight excluding hydrogens is 387 g/mol. The van der Waals surface area contributed by atoms with Crippen molar-refractivity contribution in [3.63, 3.8) is 0 Å². The van der Waals surface area contributed by atoms with Crippen LogP contribution in [0.15, 0.2) is 62.7 Å². The number of carbonyl (C=O) groups excluding carboxylic acids is 1. The average molecular weight is 408 g/mol. The van der Waals surface area contributed by atoms with E-state index in [0.29, 0.717) is 16.2 Å². The second-order valence-corrected chi connectivity index (χ2v) is 8.28. The molecule has 2 aromatic rings. The number of rotatable bonds is 5. The van der Waals surface area contributed by atoms with Gasteiger partial charge in [0.05, 0.1) is 28.3 Å². The highest BCUT2D eigenvalue weighted by Crippen LogP contribution is 2.45. The maximum atomic E-state index is 13.1. The first kappa shape index (κ1) is 19.5. The van der Waals surface area contributed by atoms with Gasteiger partial charge in [0.15, 0.2) is 5.78 Å². The first-order valence-corrected chi connectivity index (χ1v) is 10.7. The van der Waals surface area contributed by atoms with Gasteiger partial charge >= 0.3 is 0 Å². The van der Waals surface area contributed by atoms with Crippen LogP contribution in [0.5, 0.6) is 0 Å². The number of halogens is 1. The van der Waals surface area contributed by atoms with Gasteiger partial charge in [-0.3, -0.25) is 4.79 Å². The SMILES string of the molecule is Cc1ccc([C@@H]2C(C#N)=C(SCC(=O)c3ccc(F)cc3)NC3=C2CCCC3)o1. The molecule has 1 aromatic carbocycles. The second kappa shape index (κ2) is 8.30. The van der Waals surface area contributed by atoms with Gasteiger partial charge in [-0.2, -0.15) is 5.26 Å². The van der Waals surface area contributed by atoms with E-state index in [1.165, 1.54) is 41.6 Å². The summed E-state index contributed by atoms with van der Waals surface area (Å²) in [5, 5.41) is 14.1. The van der Waals surface area contributed by atoms with Gasteiger partial charge in [-0.15, -0.1) is 0 Å². The number of furan rings is 1. The molecule has 0 fully saturated rings. The normalized spacial score (nSPS) is 18.9. The van der Waals surface area contributed by atoms with Crippen LogP contribution in [0.25, 0.3) is 0 Å². The topological polar surface area (TPSA) is 66.0 Å². The van der Waals surface area contributed by atoms with Crippen LogP contribution < -0.4 is 5.32 Å². The fourth-order valence-corrected chi connectivity index (χ4v) is 4.86. The molecule has 1 atom stereocenters. The molecule has 6 heteroatoms. The van der Waals surface area contributed by atoms with E-state index < -0.39 is 0 Å². The molecular formula is C23H21FN2O2S. The number of thioether (sulfide) groups is 1. The van der Waals surface area contributed by atoms with Crippen LogP contribution in [0, 0.1) is 24.1 Å². The molecule has 0 bridgehead atoms. The number of nitrogens with zero attached hydrogens (tertiary/aromatic N) is 1. The summed E-state index contributed by atoms with van der Waals surface area (Å²) in [6.45, 7) is 1.90. The number of ketones is 1. The first-order valence-electron chi connectivity index (χ1n) is 9.68. The van der Waals surface area contributed by atoms with Crippen molar-refractivity contribution in [2.45, 2.75) is 38.5 Å². The van der Waals surface area contributed by atoms with Crippen molar-refractivity contribution in [2.75, 3.05) is 5.75 Å². The van der Waals surface area contributed by atoms with Gasteiger partial charge in [-0.05, 0) is 74.6 Å². The predicted molar refractivity (Wildman–Crippen MR) is 111 cm³/mol. The first-order chi connectivity index (χ1) is 14.1. The zero-order valence-corrected chi connectivity index (χ0v) is 16.9. The maximum absolute atomic E-state index is 13.1. The lowest BCUT2D eigenvalue weighted by Gasteiger charge is -2.33. The summed E-state index contributed by atoms with van der Waals surface area (Å²) in [5.74, 6) is 1.09. The van der Waals surface area contributed by atoms with Crippen molar-refractivity contribution < 1.29 is 13.6 Å². The number of nitrogens with one attached hydrogen (secondary N) is 1. The van der Waals surface area contributed by atoms with Crippen LogP contribution >= 0.6 is 11.8 Å². The molecule has 1 aliphatic heterocycles. The molecule has 4 nitrogen and oxygen atoms in total. The molecule has 29 heavy (non-hydrogen) atoms. The minimum atomic E-state index is -0.369. The molecule has 2 aliphatic rings. The quantitative estimate of drug-likeness (QED) is 0.653. The molecule has 0 saturated heterocycles. The summed E-state index contributed by atoms with van der Waals surface area (Å²) < 4.78 is 19.0. The van der Waals surface area contributed by atoms with E-state index in [-0.39, 0.29) is 23.3 Å². The number of hydrogen-bond acceptors (Lipinski definition) is 5. The summed E-state index contributed by atoms with van der Waals surface area (Å²) >= 11 is 1.33. The van der Waals surface area contributed by atoms with Crippen molar-refractivity contribution in [1.29, 1.82) is 5.26 Å². The van der Waals surface area contributed by atoms with Crippen LogP contribution in [0.4, 0.5) is 4.39 Å². The highest BCUT2D eigenvalue weighted by molar-refractivity contribution is 8.03. The Morgan fingerprint density at radius 3 is 2.69 bits per heavy atom. The van der Waals surface area contributed by atoms with E-state index in [1.54, 1.807) is 0 Å². The van der Waals surface area contributed by atoms with Crippen molar-refractivity contribution in [3.05, 3.63) is 81.2 Å². The zero-order chi connectivity index (χ0) is 20.4. The number of benzene rings is 1. The minimum absolute atomic E-state index is 0.101. The fraction of sp³-hybridized carbons (Fsp3) is 0.304. The number of carbonyl (C=O) groups is 1. The number of aryl methyl sites for hydroxylation is 1. The third kappa shape index (κ3) is 4.01. The number of hydrogen-bond donors (Lipinski definition) is 1. The van der Waals surface area contributed by atoms with Gasteiger partial charge in [-0.25, -0.2) is 4.39 Å². The van der Waals surface area contributed by atoms with E-state index in [9.17, 15) is 14.4 Å². The van der Waals surface area contributed by atoms with Crippen molar-refractivity contribution in [3.8, 4) is 6.07 Å². The molecule has 4 rings (SSSR count). The third-order valence-corrected chi connectivity index (χ3v) is 6.35. The van der Waals surface area contributed by atoms with Gasteiger partial charge < -0.3 is 9.73 Å². The summed E-state index contributed by atoms with van der Waals surface area (Å²) in [5.41, 5.74) is 3.42. The molecule has 1 N–H and O–H groups in total. The largest absolute Gasteiger partial charge is 0.465 e. The van der Waals surface area contributed by atoms with E-state index in [2.05, 4.69) is 11.4 Å². The molecule has 148 valence electrons. The monoisotopic (exact) mass is 408 g/mol. The van der Waals surface area contributed by atoms with Crippen LogP contribution in [-0.4, -0.2) is 11.5 Å². The molecule has 2 heterocycles. The Balaban J connectivity index is 1.62. The van der Waals surface area contributed by atoms with Crippen molar-refractivity contribution in [2.24, 2.45) is 0 Å². The molecule has 0 spiro atoms. The number of dihydropyridines is 1. The number of Topliss-reactive ketones (excluding diaryl/α,β-unsaturated/α-hetero) is 1. The van der Waals surface area contributed by atoms with Gasteiger partial charge in [0.1, 0.15) is 17.3 Å². The summed E-state index contributed by atoms with van der Waals surface area (Å²) in [7, 11) is 0. The number of allylic oxidation sites excluding steroid dienone is 3. The smallest absolute Gasteiger partial charge is 0.173 e. The lowest BCUT2D eigenvalue weighted by atomic mass is 9.80. The second-order valence-electron chi connectivity index (χ2n) is 7.29. The van der Waals surface area contributed by atoms with Crippen LogP contribution in [-0.2, 0) is 0 Å². The van der Waals surface area contributed by atoms with E-state index in [4.69, 9.17) is 4.42 Å². The van der Waals surface area contributed by atoms with E-state index in [0.717, 1.165) is 42.9 Å². The standard InChI is InChI=1S/C23H21FN2O2S/c1-14-6-11-21(28-14)22-17-4-2-3-5-19(17)26-23(18(22)12-25)29-13-20(27)15-7-9-16(24)10-8-15/h6-11,22,26H,2-5,13H2,1H3/t22-/m0/s1. The Morgan fingerprint density at radius 1 is 1.24 bits per heavy atom. The Hall–Kier alpha value is -2.78. The van der Waals surface area contributed by atoms with E-state index >= 15 is 0 Å². The third-order valence-electron chi connectivity index (χ3n) is 5.34. The van der Waals surface area contributed by atoms with Gasteiger partial charge in [0.25, 0.3) is 0 Å². The Morgan fingerprint density at radius 2 is 2.00 bits per heavy atom. The Labute approximate surface area is 173 Å². The van der Waals surface area contributed by atoms with Crippen LogP contribution in [0.3, 0.4) is 0 Å². The molecule has 0 radical (unpaired) electrons. The van der Waals surface area contributed by atoms with Gasteiger partial charge in [-0.1, -0.05) is 11.8 Å². The minimum Gasteiger partial charge on any atom is -0.465 e. The average Bonchev–Trinajstić information content (AvgIpc) is 3.17. The van der Waals surface area contributed by atoms with Gasteiger partial charge in [0.2, 0.25) is 0 Å². The molecule has 1 aliphatic carbocycles. The lowest BCUT2D eigenvalue weighted by Crippen LogP contribution is -2.27. The van der Waals surface area contributed by atoms with Crippen molar-refractivity contribution >= 4 is 17.5 Å². The maximum Gasteiger partial charge on any atom is 0.173 e. The van der Waals surface area contributed by atoms with Crippen molar-refractivity contribution in [1.82, 2.24) is 5.32 Å². The van der Waals surface area contributed by atoms with Gasteiger partial charge in [0, 0.05) is 11.3 Å². The predicted octanol–water partition coefficient (Wildman–Crippen LogP) is 5.59. The fourth-order valence-electron chi connectivity index (χ4n) is 3.91. The molecule has 0 amide bonds. The van der Waals surface area contributed by atoms with Crippen LogP contribution in [0.2, 0.25) is 0 Å². The summed E-state index contributed by atoms with van der Waals surface area (Å²) in [4.78, 5) is 12.5. The number of nitriles is 1. The Bertz CT molecular complexity index is 1040. The van der Waals surface area contributed by atoms with Crippen LogP contribution in [0.1, 0.15) is 53.5 Å². The highest BCUT2D eigenvalue weighted by atomic mass is 32.2. The van der Waals surface area contributed by atoms with E-state index in [1.807, 2.05) is 19.1 Å². The molecule has 0 unspecified atom stereocenters. The summed E-state index contributed by atoms with van der Waals surface area (Å²) in [6, 6.07) is 11.8. The highest BCUT2D eigenvalue weighted by Gasteiger charge is 2.34. The summed E-state index contributed by atoms with van der Waals surface area (Å²) in [6.07, 6.45) is 4.07. The zero-order valence-electron chi connectivity index (χ0n) is 16.1. The molecule has 1 aromatic heterocycles. The Kier molecular flexibility index (Phi) is 5.59. The lowest BCUT2D eigenvalue weighted by molar-refractivity contribution is 0.102.